The predicted octanol–water partition coefficient (Wildman–Crippen LogP) is 4.66. The molecule has 12 heteroatoms. The van der Waals surface area contributed by atoms with Crippen LogP contribution in [0, 0.1) is 5.92 Å². The van der Waals surface area contributed by atoms with Crippen LogP contribution in [-0.2, 0) is 15.4 Å². The molecule has 10 nitrogen and oxygen atoms in total. The highest BCUT2D eigenvalue weighted by atomic mass is 35.5. The van der Waals surface area contributed by atoms with E-state index in [2.05, 4.69) is 64.5 Å². The van der Waals surface area contributed by atoms with Crippen molar-refractivity contribution in [3.8, 4) is 0 Å². The molecule has 1 saturated heterocycles. The number of anilines is 2. The summed E-state index contributed by atoms with van der Waals surface area (Å²) in [6.45, 7) is 11.2. The maximum absolute atomic E-state index is 13.5. The number of carbonyl (C=O) groups excluding carboxylic acids is 1. The van der Waals surface area contributed by atoms with E-state index in [9.17, 15) is 13.2 Å². The Balaban J connectivity index is 0.00000370. The molecule has 0 saturated carbocycles. The van der Waals surface area contributed by atoms with Crippen LogP contribution in [0.25, 0.3) is 0 Å². The van der Waals surface area contributed by atoms with Crippen LogP contribution < -0.4 is 14.9 Å². The summed E-state index contributed by atoms with van der Waals surface area (Å²) < 4.78 is 28.9. The molecule has 4 bridgehead atoms. The molecule has 5 heterocycles. The van der Waals surface area contributed by atoms with Gasteiger partial charge in [0, 0.05) is 41.1 Å². The molecule has 1 amide bonds. The van der Waals surface area contributed by atoms with Gasteiger partial charge in [-0.2, -0.15) is 8.42 Å². The number of carbonyl (C=O) groups is 1. The van der Waals surface area contributed by atoms with E-state index in [1.165, 1.54) is 12.4 Å². The van der Waals surface area contributed by atoms with Crippen LogP contribution in [0.3, 0.4) is 0 Å². The first-order valence-electron chi connectivity index (χ1n) is 13.2. The van der Waals surface area contributed by atoms with Gasteiger partial charge in [-0.05, 0) is 63.3 Å². The summed E-state index contributed by atoms with van der Waals surface area (Å²) in [5.74, 6) is 0.495. The zero-order valence-electron chi connectivity index (χ0n) is 23.4. The maximum atomic E-state index is 13.5. The molecule has 2 atom stereocenters. The lowest BCUT2D eigenvalue weighted by atomic mass is 9.90. The second-order valence-electron chi connectivity index (χ2n) is 12.1. The zero-order valence-corrected chi connectivity index (χ0v) is 25.0. The molecule has 40 heavy (non-hydrogen) atoms. The van der Waals surface area contributed by atoms with Crippen molar-refractivity contribution in [1.82, 2.24) is 24.7 Å². The Bertz CT molecular complexity index is 1490. The van der Waals surface area contributed by atoms with E-state index < -0.39 is 15.9 Å². The molecule has 3 aromatic heterocycles. The fourth-order valence-electron chi connectivity index (χ4n) is 5.47. The van der Waals surface area contributed by atoms with Gasteiger partial charge in [0.05, 0.1) is 11.6 Å². The highest BCUT2D eigenvalue weighted by molar-refractivity contribution is 7.90. The summed E-state index contributed by atoms with van der Waals surface area (Å²) in [5.41, 5.74) is 1.41. The smallest absolute Gasteiger partial charge is 0.281 e. The summed E-state index contributed by atoms with van der Waals surface area (Å²) >= 11 is 0. The zero-order chi connectivity index (χ0) is 28.0. The van der Waals surface area contributed by atoms with Crippen LogP contribution in [0.5, 0.6) is 0 Å². The monoisotopic (exact) mass is 585 g/mol. The molecule has 5 rings (SSSR count). The van der Waals surface area contributed by atoms with E-state index in [0.29, 0.717) is 24.1 Å². The van der Waals surface area contributed by atoms with Gasteiger partial charge < -0.3 is 10.2 Å². The molecule has 214 valence electrons. The van der Waals surface area contributed by atoms with Crippen LogP contribution >= 0.6 is 12.4 Å². The molecule has 0 aromatic carbocycles. The number of hydrogen-bond acceptors (Lipinski definition) is 9. The molecule has 2 aliphatic heterocycles. The van der Waals surface area contributed by atoms with E-state index in [1.54, 1.807) is 36.7 Å². The number of rotatable bonds is 1. The minimum absolute atomic E-state index is 0. The third kappa shape index (κ3) is 6.05. The third-order valence-corrected chi connectivity index (χ3v) is 8.73. The number of aromatic nitrogens is 4. The molecule has 0 aliphatic carbocycles. The van der Waals surface area contributed by atoms with Gasteiger partial charge in [0.15, 0.2) is 5.03 Å². The van der Waals surface area contributed by atoms with E-state index >= 15 is 0 Å². The Labute approximate surface area is 241 Å². The van der Waals surface area contributed by atoms with Crippen LogP contribution in [0.2, 0.25) is 0 Å². The SMILES string of the molecule is CC(C)(C)c1ccc2c(n1)N1C[C@@H](CCC(c3cncnc3)Nc3cccc(n3)S(=O)(=O)NC2=O)CC1(C)C.Cl. The predicted molar refractivity (Wildman–Crippen MR) is 156 cm³/mol. The van der Waals surface area contributed by atoms with Crippen molar-refractivity contribution in [3.05, 3.63) is 65.9 Å². The summed E-state index contributed by atoms with van der Waals surface area (Å²) in [6, 6.07) is 8.00. The fourth-order valence-corrected chi connectivity index (χ4v) is 6.40. The van der Waals surface area contributed by atoms with E-state index in [4.69, 9.17) is 4.98 Å². The first-order valence-corrected chi connectivity index (χ1v) is 14.7. The lowest BCUT2D eigenvalue weighted by molar-refractivity contribution is 0.0981. The number of nitrogens with zero attached hydrogens (tertiary/aromatic N) is 5. The van der Waals surface area contributed by atoms with Gasteiger partial charge in [-0.1, -0.05) is 26.8 Å². The Morgan fingerprint density at radius 1 is 1.02 bits per heavy atom. The Kier molecular flexibility index (Phi) is 8.11. The summed E-state index contributed by atoms with van der Waals surface area (Å²) in [6.07, 6.45) is 7.57. The normalized spacial score (nSPS) is 22.0. The van der Waals surface area contributed by atoms with Crippen LogP contribution in [0.15, 0.2) is 54.1 Å². The van der Waals surface area contributed by atoms with Gasteiger partial charge in [0.25, 0.3) is 15.9 Å². The van der Waals surface area contributed by atoms with Gasteiger partial charge in [-0.15, -0.1) is 12.4 Å². The highest BCUT2D eigenvalue weighted by Crippen LogP contribution is 2.41. The number of amides is 1. The number of sulfonamides is 1. The maximum Gasteiger partial charge on any atom is 0.281 e. The van der Waals surface area contributed by atoms with Gasteiger partial charge in [-0.3, -0.25) is 4.79 Å². The summed E-state index contributed by atoms with van der Waals surface area (Å²) in [4.78, 5) is 33.4. The molecular weight excluding hydrogens is 550 g/mol. The molecular formula is C28H36ClN7O3S. The van der Waals surface area contributed by atoms with Crippen molar-refractivity contribution >= 4 is 40.0 Å². The van der Waals surface area contributed by atoms with Crippen LogP contribution in [-0.4, -0.2) is 46.3 Å². The highest BCUT2D eigenvalue weighted by Gasteiger charge is 2.41. The van der Waals surface area contributed by atoms with Crippen molar-refractivity contribution in [3.63, 3.8) is 0 Å². The minimum Gasteiger partial charge on any atom is -0.363 e. The van der Waals surface area contributed by atoms with Crippen molar-refractivity contribution < 1.29 is 13.2 Å². The fraction of sp³-hybridized carbons (Fsp3) is 0.464. The van der Waals surface area contributed by atoms with Crippen LogP contribution in [0.4, 0.5) is 11.6 Å². The van der Waals surface area contributed by atoms with Crippen molar-refractivity contribution in [2.24, 2.45) is 5.92 Å². The van der Waals surface area contributed by atoms with Gasteiger partial charge in [0.1, 0.15) is 18.0 Å². The average molecular weight is 586 g/mol. The summed E-state index contributed by atoms with van der Waals surface area (Å²) in [7, 11) is -4.26. The lowest BCUT2D eigenvalue weighted by Gasteiger charge is -2.34. The average Bonchev–Trinajstić information content (AvgIpc) is 3.19. The van der Waals surface area contributed by atoms with Crippen molar-refractivity contribution in [2.45, 2.75) is 75.9 Å². The van der Waals surface area contributed by atoms with Gasteiger partial charge >= 0.3 is 0 Å². The van der Waals surface area contributed by atoms with Gasteiger partial charge in [0.2, 0.25) is 0 Å². The molecule has 2 aliphatic rings. The van der Waals surface area contributed by atoms with E-state index in [-0.39, 0.29) is 40.0 Å². The molecule has 1 fully saturated rings. The molecule has 2 N–H and O–H groups in total. The third-order valence-electron chi connectivity index (χ3n) is 7.50. The number of pyridine rings is 2. The number of hydrogen-bond donors (Lipinski definition) is 2. The van der Waals surface area contributed by atoms with Gasteiger partial charge in [-0.25, -0.2) is 24.7 Å². The lowest BCUT2D eigenvalue weighted by Crippen LogP contribution is -2.41. The first kappa shape index (κ1) is 29.7. The van der Waals surface area contributed by atoms with Crippen LogP contribution in [0.1, 0.15) is 81.5 Å². The largest absolute Gasteiger partial charge is 0.363 e. The first-order chi connectivity index (χ1) is 18.3. The molecule has 3 aromatic rings. The standard InChI is InChI=1S/C28H35N7O3S.ClH/c1-27(2,3)22-12-10-20-25(32-22)35-16-18(13-28(35,4)5)9-11-21(19-14-29-17-30-15-19)31-23-7-6-8-24(33-23)39(37,38)34-26(20)36;/h6-8,10,12,14-15,17-18,21H,9,11,13,16H2,1-5H3,(H,31,33)(H,34,36);1H/t18-,21?;/m0./s1. The summed E-state index contributed by atoms with van der Waals surface area (Å²) in [5, 5.41) is 3.13. The van der Waals surface area contributed by atoms with Crippen molar-refractivity contribution in [1.29, 1.82) is 0 Å². The Morgan fingerprint density at radius 2 is 1.75 bits per heavy atom. The number of nitrogens with one attached hydrogen (secondary N) is 2. The van der Waals surface area contributed by atoms with Crippen molar-refractivity contribution in [2.75, 3.05) is 16.8 Å². The molecule has 0 spiro atoms. The molecule has 0 radical (unpaired) electrons. The molecule has 1 unspecified atom stereocenters. The number of fused-ring (bicyclic) bond motifs is 6. The van der Waals surface area contributed by atoms with E-state index in [1.807, 2.05) is 0 Å². The Morgan fingerprint density at radius 3 is 2.45 bits per heavy atom. The second-order valence-corrected chi connectivity index (χ2v) is 13.7. The Hall–Kier alpha value is -3.31. The quantitative estimate of drug-likeness (QED) is 0.419. The number of halogens is 1. The van der Waals surface area contributed by atoms with E-state index in [0.717, 1.165) is 30.5 Å². The second kappa shape index (κ2) is 10.9. The minimum atomic E-state index is -4.26. The topological polar surface area (TPSA) is 130 Å².